The van der Waals surface area contributed by atoms with Gasteiger partial charge < -0.3 is 10.6 Å². The number of benzene rings is 2. The minimum absolute atomic E-state index is 0.178. The lowest BCUT2D eigenvalue weighted by atomic mass is 10.1. The third-order valence-corrected chi connectivity index (χ3v) is 6.22. The van der Waals surface area contributed by atoms with Gasteiger partial charge in [-0.3, -0.25) is 9.78 Å². The number of carbonyl (C=O) groups is 1. The first-order chi connectivity index (χ1) is 15.2. The van der Waals surface area contributed by atoms with E-state index < -0.39 is 0 Å². The van der Waals surface area contributed by atoms with E-state index in [1.165, 1.54) is 16.9 Å². The second-order valence-electron chi connectivity index (χ2n) is 7.06. The van der Waals surface area contributed by atoms with Crippen molar-refractivity contribution in [3.05, 3.63) is 106 Å². The fourth-order valence-corrected chi connectivity index (χ4v) is 4.22. The van der Waals surface area contributed by atoms with Gasteiger partial charge in [-0.15, -0.1) is 11.3 Å². The molecule has 1 amide bonds. The molecule has 156 valence electrons. The predicted molar refractivity (Wildman–Crippen MR) is 129 cm³/mol. The number of anilines is 1. The van der Waals surface area contributed by atoms with Crippen LogP contribution in [0.4, 0.5) is 5.69 Å². The molecular weight excluding hydrogens is 426 g/mol. The van der Waals surface area contributed by atoms with Crippen molar-refractivity contribution in [2.24, 2.45) is 0 Å². The molecule has 2 heterocycles. The molecule has 0 radical (unpaired) electrons. The lowest BCUT2D eigenvalue weighted by Gasteiger charge is -2.10. The van der Waals surface area contributed by atoms with Crippen molar-refractivity contribution in [2.75, 3.05) is 11.9 Å². The summed E-state index contributed by atoms with van der Waals surface area (Å²) in [6, 6.07) is 25.5. The Labute approximate surface area is 190 Å². The number of nitrogens with one attached hydrogen (secondary N) is 2. The second-order valence-corrected chi connectivity index (χ2v) is 8.55. The zero-order valence-corrected chi connectivity index (χ0v) is 18.4. The summed E-state index contributed by atoms with van der Waals surface area (Å²) in [5.74, 6) is -0.178. The third-order valence-electron chi connectivity index (χ3n) is 4.79. The van der Waals surface area contributed by atoms with Crippen LogP contribution in [0.1, 0.15) is 20.8 Å². The Hall–Kier alpha value is -2.99. The van der Waals surface area contributed by atoms with Crippen molar-refractivity contribution in [3.8, 4) is 10.6 Å². The van der Waals surface area contributed by atoms with Gasteiger partial charge in [-0.05, 0) is 60.5 Å². The molecular formula is C25H22ClN3OS. The molecule has 31 heavy (non-hydrogen) atoms. The average molecular weight is 448 g/mol. The molecule has 6 heteroatoms. The van der Waals surface area contributed by atoms with Crippen molar-refractivity contribution >= 4 is 34.5 Å². The summed E-state index contributed by atoms with van der Waals surface area (Å²) < 4.78 is 0. The highest BCUT2D eigenvalue weighted by molar-refractivity contribution is 7.17. The van der Waals surface area contributed by atoms with E-state index in [0.29, 0.717) is 22.1 Å². The summed E-state index contributed by atoms with van der Waals surface area (Å²) in [6.45, 7) is 1.58. The van der Waals surface area contributed by atoms with Gasteiger partial charge in [-0.25, -0.2) is 0 Å². The van der Waals surface area contributed by atoms with Gasteiger partial charge in [0.25, 0.3) is 5.91 Å². The normalized spacial score (nSPS) is 10.7. The Morgan fingerprint density at radius 1 is 0.935 bits per heavy atom. The zero-order chi connectivity index (χ0) is 21.5. The van der Waals surface area contributed by atoms with E-state index in [1.54, 1.807) is 6.20 Å². The van der Waals surface area contributed by atoms with E-state index >= 15 is 0 Å². The van der Waals surface area contributed by atoms with E-state index in [0.717, 1.165) is 29.1 Å². The summed E-state index contributed by atoms with van der Waals surface area (Å²) in [5, 5.41) is 6.90. The number of nitrogens with zero attached hydrogens (tertiary/aromatic N) is 1. The fraction of sp³-hybridized carbons (Fsp3) is 0.120. The highest BCUT2D eigenvalue weighted by Crippen LogP contribution is 2.28. The highest BCUT2D eigenvalue weighted by Gasteiger charge is 2.13. The Balaban J connectivity index is 1.36. The van der Waals surface area contributed by atoms with Crippen LogP contribution in [0.3, 0.4) is 0 Å². The van der Waals surface area contributed by atoms with E-state index in [1.807, 2.05) is 54.6 Å². The number of hydrogen-bond acceptors (Lipinski definition) is 4. The smallest absolute Gasteiger partial charge is 0.265 e. The standard InChI is InChI=1S/C25H22ClN3OS/c26-20-10-9-19(17-27-15-13-18-6-2-1-3-7-18)16-22(20)29-25(30)24-12-11-23(31-24)21-8-4-5-14-28-21/h1-12,14,16,27H,13,15,17H2,(H,29,30). The number of pyridine rings is 1. The van der Waals surface area contributed by atoms with Crippen LogP contribution in [-0.2, 0) is 13.0 Å². The van der Waals surface area contributed by atoms with Crippen LogP contribution in [0, 0.1) is 0 Å². The first-order valence-electron chi connectivity index (χ1n) is 10.0. The molecule has 0 saturated heterocycles. The van der Waals surface area contributed by atoms with Crippen molar-refractivity contribution < 1.29 is 4.79 Å². The molecule has 0 atom stereocenters. The molecule has 4 rings (SSSR count). The predicted octanol–water partition coefficient (Wildman–Crippen LogP) is 6.05. The molecule has 0 fully saturated rings. The van der Waals surface area contributed by atoms with Gasteiger partial charge in [-0.1, -0.05) is 54.1 Å². The van der Waals surface area contributed by atoms with Gasteiger partial charge in [0.05, 0.1) is 26.2 Å². The lowest BCUT2D eigenvalue weighted by Crippen LogP contribution is -2.17. The SMILES string of the molecule is O=C(Nc1cc(CNCCc2ccccc2)ccc1Cl)c1ccc(-c2ccccn2)s1. The molecule has 4 nitrogen and oxygen atoms in total. The van der Waals surface area contributed by atoms with Gasteiger partial charge in [-0.2, -0.15) is 0 Å². The quantitative estimate of drug-likeness (QED) is 0.323. The summed E-state index contributed by atoms with van der Waals surface area (Å²) in [5.41, 5.74) is 3.84. The molecule has 0 aliphatic heterocycles. The van der Waals surface area contributed by atoms with Crippen molar-refractivity contribution in [1.82, 2.24) is 10.3 Å². The second kappa shape index (κ2) is 10.4. The van der Waals surface area contributed by atoms with Crippen LogP contribution in [0.15, 0.2) is 85.1 Å². The molecule has 0 aliphatic rings. The van der Waals surface area contributed by atoms with Gasteiger partial charge >= 0.3 is 0 Å². The maximum absolute atomic E-state index is 12.7. The number of aromatic nitrogens is 1. The fourth-order valence-electron chi connectivity index (χ4n) is 3.18. The van der Waals surface area contributed by atoms with Crippen LogP contribution in [0.5, 0.6) is 0 Å². The number of carbonyl (C=O) groups excluding carboxylic acids is 1. The minimum Gasteiger partial charge on any atom is -0.320 e. The maximum Gasteiger partial charge on any atom is 0.265 e. The van der Waals surface area contributed by atoms with Crippen LogP contribution in [0.2, 0.25) is 5.02 Å². The zero-order valence-electron chi connectivity index (χ0n) is 16.8. The van der Waals surface area contributed by atoms with Gasteiger partial charge in [0.1, 0.15) is 0 Å². The van der Waals surface area contributed by atoms with Crippen molar-refractivity contribution in [2.45, 2.75) is 13.0 Å². The maximum atomic E-state index is 12.7. The van der Waals surface area contributed by atoms with E-state index in [4.69, 9.17) is 11.6 Å². The molecule has 0 bridgehead atoms. The van der Waals surface area contributed by atoms with Crippen molar-refractivity contribution in [1.29, 1.82) is 0 Å². The first-order valence-corrected chi connectivity index (χ1v) is 11.2. The number of amides is 1. The topological polar surface area (TPSA) is 54.0 Å². The van der Waals surface area contributed by atoms with Crippen LogP contribution in [-0.4, -0.2) is 17.4 Å². The molecule has 0 unspecified atom stereocenters. The first kappa shape index (κ1) is 21.2. The highest BCUT2D eigenvalue weighted by atomic mass is 35.5. The number of hydrogen-bond donors (Lipinski definition) is 2. The van der Waals surface area contributed by atoms with Crippen LogP contribution >= 0.6 is 22.9 Å². The minimum atomic E-state index is -0.178. The van der Waals surface area contributed by atoms with E-state index in [-0.39, 0.29) is 5.91 Å². The molecule has 2 N–H and O–H groups in total. The Morgan fingerprint density at radius 3 is 2.58 bits per heavy atom. The number of halogens is 1. The Kier molecular flexibility index (Phi) is 7.10. The Bertz CT molecular complexity index is 1150. The lowest BCUT2D eigenvalue weighted by molar-refractivity contribution is 0.103. The molecule has 4 aromatic rings. The van der Waals surface area contributed by atoms with Crippen LogP contribution < -0.4 is 10.6 Å². The number of thiophene rings is 1. The van der Waals surface area contributed by atoms with E-state index in [9.17, 15) is 4.79 Å². The molecule has 0 spiro atoms. The van der Waals surface area contributed by atoms with Gasteiger partial charge in [0.2, 0.25) is 0 Å². The van der Waals surface area contributed by atoms with Gasteiger partial charge in [0.15, 0.2) is 0 Å². The van der Waals surface area contributed by atoms with Crippen molar-refractivity contribution in [3.63, 3.8) is 0 Å². The molecule has 0 saturated carbocycles. The summed E-state index contributed by atoms with van der Waals surface area (Å²) >= 11 is 7.74. The van der Waals surface area contributed by atoms with E-state index in [2.05, 4.69) is 39.9 Å². The third kappa shape index (κ3) is 5.79. The molecule has 2 aromatic carbocycles. The molecule has 2 aromatic heterocycles. The van der Waals surface area contributed by atoms with Gasteiger partial charge in [0, 0.05) is 12.7 Å². The summed E-state index contributed by atoms with van der Waals surface area (Å²) in [6.07, 6.45) is 2.71. The monoisotopic (exact) mass is 447 g/mol. The number of rotatable bonds is 8. The molecule has 0 aliphatic carbocycles. The average Bonchev–Trinajstić information content (AvgIpc) is 3.31. The summed E-state index contributed by atoms with van der Waals surface area (Å²) in [7, 11) is 0. The largest absolute Gasteiger partial charge is 0.320 e. The van der Waals surface area contributed by atoms with Crippen LogP contribution in [0.25, 0.3) is 10.6 Å². The summed E-state index contributed by atoms with van der Waals surface area (Å²) in [4.78, 5) is 18.6. The Morgan fingerprint density at radius 2 is 1.77 bits per heavy atom.